The molecule has 2 rings (SSSR count). The molecule has 5 nitrogen and oxygen atoms in total. The molecule has 110 valence electrons. The minimum Gasteiger partial charge on any atom is -0.462 e. The number of esters is 1. The summed E-state index contributed by atoms with van der Waals surface area (Å²) in [6.07, 6.45) is 1.53. The summed E-state index contributed by atoms with van der Waals surface area (Å²) in [5.74, 6) is -0.0202. The van der Waals surface area contributed by atoms with Crippen LogP contribution in [-0.4, -0.2) is 17.6 Å². The third kappa shape index (κ3) is 3.52. The van der Waals surface area contributed by atoms with Crippen molar-refractivity contribution in [3.63, 3.8) is 0 Å². The van der Waals surface area contributed by atoms with E-state index >= 15 is 0 Å². The van der Waals surface area contributed by atoms with Crippen molar-refractivity contribution in [2.24, 2.45) is 0 Å². The van der Waals surface area contributed by atoms with E-state index in [-0.39, 0.29) is 5.69 Å². The molecule has 3 N–H and O–H groups in total. The zero-order chi connectivity index (χ0) is 15.4. The van der Waals surface area contributed by atoms with Crippen molar-refractivity contribution in [3.05, 3.63) is 46.1 Å². The summed E-state index contributed by atoms with van der Waals surface area (Å²) in [5, 5.41) is 3.14. The second kappa shape index (κ2) is 6.58. The normalized spacial score (nSPS) is 10.2. The van der Waals surface area contributed by atoms with Crippen LogP contribution in [0.4, 0.5) is 17.2 Å². The van der Waals surface area contributed by atoms with E-state index in [2.05, 4.69) is 26.2 Å². The maximum absolute atomic E-state index is 11.8. The van der Waals surface area contributed by atoms with Crippen LogP contribution in [0.5, 0.6) is 0 Å². The number of ether oxygens (including phenoxy) is 1. The fourth-order valence-electron chi connectivity index (χ4n) is 1.82. The van der Waals surface area contributed by atoms with E-state index < -0.39 is 5.97 Å². The largest absolute Gasteiger partial charge is 0.462 e. The predicted molar refractivity (Wildman–Crippen MR) is 86.8 cm³/mol. The van der Waals surface area contributed by atoms with E-state index in [1.807, 2.05) is 25.1 Å². The fraction of sp³-hybridized carbons (Fsp3) is 0.200. The Kier molecular flexibility index (Phi) is 4.80. The van der Waals surface area contributed by atoms with E-state index in [0.717, 1.165) is 15.7 Å². The molecule has 1 heterocycles. The van der Waals surface area contributed by atoms with Gasteiger partial charge in [0, 0.05) is 16.4 Å². The zero-order valence-electron chi connectivity index (χ0n) is 11.8. The molecule has 0 fully saturated rings. The Morgan fingerprint density at radius 1 is 1.43 bits per heavy atom. The van der Waals surface area contributed by atoms with Crippen molar-refractivity contribution in [3.8, 4) is 0 Å². The highest BCUT2D eigenvalue weighted by Gasteiger charge is 2.15. The molecular formula is C15H16BrN3O2. The summed E-state index contributed by atoms with van der Waals surface area (Å²) in [6, 6.07) is 7.39. The van der Waals surface area contributed by atoms with Crippen molar-refractivity contribution >= 4 is 39.1 Å². The van der Waals surface area contributed by atoms with Crippen molar-refractivity contribution < 1.29 is 9.53 Å². The van der Waals surface area contributed by atoms with Crippen molar-refractivity contribution in [1.82, 2.24) is 4.98 Å². The number of nitrogen functional groups attached to an aromatic ring is 1. The molecule has 0 amide bonds. The van der Waals surface area contributed by atoms with E-state index in [4.69, 9.17) is 10.5 Å². The molecule has 0 spiro atoms. The predicted octanol–water partition coefficient (Wildman–Crippen LogP) is 3.66. The number of nitrogens with two attached hydrogens (primary N) is 1. The SMILES string of the molecule is CCOC(=O)c1ccnc(Nc2cc(Br)ccc2C)c1N. The molecule has 0 aliphatic carbocycles. The first-order valence-corrected chi connectivity index (χ1v) is 7.27. The zero-order valence-corrected chi connectivity index (χ0v) is 13.4. The van der Waals surface area contributed by atoms with Crippen LogP contribution in [0.25, 0.3) is 0 Å². The number of aryl methyl sites for hydroxylation is 1. The Morgan fingerprint density at radius 2 is 2.19 bits per heavy atom. The number of pyridine rings is 1. The van der Waals surface area contributed by atoms with Gasteiger partial charge in [0.2, 0.25) is 0 Å². The summed E-state index contributed by atoms with van der Waals surface area (Å²) in [5.41, 5.74) is 8.50. The number of carbonyl (C=O) groups excluding carboxylic acids is 1. The number of hydrogen-bond acceptors (Lipinski definition) is 5. The summed E-state index contributed by atoms with van der Waals surface area (Å²) in [4.78, 5) is 16.0. The number of nitrogens with zero attached hydrogens (tertiary/aromatic N) is 1. The lowest BCUT2D eigenvalue weighted by Crippen LogP contribution is -2.10. The van der Waals surface area contributed by atoms with Gasteiger partial charge in [0.25, 0.3) is 0 Å². The Morgan fingerprint density at radius 3 is 2.90 bits per heavy atom. The topological polar surface area (TPSA) is 77.2 Å². The van der Waals surface area contributed by atoms with Gasteiger partial charge in [0.15, 0.2) is 5.82 Å². The molecular weight excluding hydrogens is 334 g/mol. The average molecular weight is 350 g/mol. The van der Waals surface area contributed by atoms with E-state index in [1.54, 1.807) is 13.0 Å². The number of anilines is 3. The van der Waals surface area contributed by atoms with Gasteiger partial charge in [-0.25, -0.2) is 9.78 Å². The molecule has 1 aromatic heterocycles. The van der Waals surface area contributed by atoms with Crippen molar-refractivity contribution in [2.75, 3.05) is 17.7 Å². The number of halogens is 1. The summed E-state index contributed by atoms with van der Waals surface area (Å²) < 4.78 is 5.92. The lowest BCUT2D eigenvalue weighted by molar-refractivity contribution is 0.0527. The van der Waals surface area contributed by atoms with Crippen molar-refractivity contribution in [1.29, 1.82) is 0 Å². The van der Waals surface area contributed by atoms with E-state index in [9.17, 15) is 4.79 Å². The number of benzene rings is 1. The Hall–Kier alpha value is -2.08. The van der Waals surface area contributed by atoms with Gasteiger partial charge >= 0.3 is 5.97 Å². The number of nitrogens with one attached hydrogen (secondary N) is 1. The molecule has 0 saturated carbocycles. The smallest absolute Gasteiger partial charge is 0.340 e. The minimum absolute atomic E-state index is 0.273. The summed E-state index contributed by atoms with van der Waals surface area (Å²) in [7, 11) is 0. The second-order valence-corrected chi connectivity index (χ2v) is 5.34. The lowest BCUT2D eigenvalue weighted by atomic mass is 10.2. The molecule has 0 radical (unpaired) electrons. The molecule has 0 aliphatic heterocycles. The van der Waals surface area contributed by atoms with Crippen LogP contribution in [0, 0.1) is 6.92 Å². The molecule has 0 atom stereocenters. The number of hydrogen-bond donors (Lipinski definition) is 2. The first-order chi connectivity index (χ1) is 10.0. The highest BCUT2D eigenvalue weighted by molar-refractivity contribution is 9.10. The first-order valence-electron chi connectivity index (χ1n) is 6.47. The molecule has 0 saturated heterocycles. The summed E-state index contributed by atoms with van der Waals surface area (Å²) >= 11 is 3.42. The van der Waals surface area contributed by atoms with Gasteiger partial charge in [0.05, 0.1) is 17.9 Å². The fourth-order valence-corrected chi connectivity index (χ4v) is 2.18. The Labute approximate surface area is 131 Å². The summed E-state index contributed by atoms with van der Waals surface area (Å²) in [6.45, 7) is 4.02. The third-order valence-electron chi connectivity index (χ3n) is 2.94. The standard InChI is InChI=1S/C15H16BrN3O2/c1-3-21-15(20)11-6-7-18-14(13(11)17)19-12-8-10(16)5-4-9(12)2/h4-8H,3,17H2,1-2H3,(H,18,19). The van der Waals surface area contributed by atoms with Crippen LogP contribution in [0.2, 0.25) is 0 Å². The van der Waals surface area contributed by atoms with Crippen LogP contribution in [0.1, 0.15) is 22.8 Å². The highest BCUT2D eigenvalue weighted by atomic mass is 79.9. The van der Waals surface area contributed by atoms with E-state index in [0.29, 0.717) is 18.0 Å². The van der Waals surface area contributed by atoms with Gasteiger partial charge < -0.3 is 15.8 Å². The van der Waals surface area contributed by atoms with Gasteiger partial charge in [-0.05, 0) is 37.6 Å². The highest BCUT2D eigenvalue weighted by Crippen LogP contribution is 2.28. The van der Waals surface area contributed by atoms with Crippen LogP contribution in [-0.2, 0) is 4.74 Å². The third-order valence-corrected chi connectivity index (χ3v) is 3.43. The van der Waals surface area contributed by atoms with Crippen LogP contribution in [0.15, 0.2) is 34.9 Å². The molecule has 2 aromatic rings. The molecule has 0 aliphatic rings. The molecule has 21 heavy (non-hydrogen) atoms. The van der Waals surface area contributed by atoms with Gasteiger partial charge in [-0.15, -0.1) is 0 Å². The Bertz CT molecular complexity index is 674. The molecule has 6 heteroatoms. The van der Waals surface area contributed by atoms with Gasteiger partial charge in [-0.3, -0.25) is 0 Å². The van der Waals surface area contributed by atoms with Crippen LogP contribution < -0.4 is 11.1 Å². The average Bonchev–Trinajstić information content (AvgIpc) is 2.45. The van der Waals surface area contributed by atoms with Gasteiger partial charge in [-0.2, -0.15) is 0 Å². The van der Waals surface area contributed by atoms with Gasteiger partial charge in [-0.1, -0.05) is 22.0 Å². The monoisotopic (exact) mass is 349 g/mol. The molecule has 0 bridgehead atoms. The molecule has 1 aromatic carbocycles. The number of carbonyl (C=O) groups is 1. The molecule has 0 unspecified atom stereocenters. The lowest BCUT2D eigenvalue weighted by Gasteiger charge is -2.13. The van der Waals surface area contributed by atoms with Crippen molar-refractivity contribution in [2.45, 2.75) is 13.8 Å². The van der Waals surface area contributed by atoms with E-state index in [1.165, 1.54) is 6.20 Å². The van der Waals surface area contributed by atoms with Gasteiger partial charge in [0.1, 0.15) is 0 Å². The van der Waals surface area contributed by atoms with Crippen LogP contribution in [0.3, 0.4) is 0 Å². The Balaban J connectivity index is 2.35. The maximum atomic E-state index is 11.8. The number of rotatable bonds is 4. The minimum atomic E-state index is -0.452. The number of aromatic nitrogens is 1. The van der Waals surface area contributed by atoms with Crippen LogP contribution >= 0.6 is 15.9 Å². The second-order valence-electron chi connectivity index (χ2n) is 4.43. The first kappa shape index (κ1) is 15.3. The quantitative estimate of drug-likeness (QED) is 0.823. The maximum Gasteiger partial charge on any atom is 0.340 e.